The van der Waals surface area contributed by atoms with Crippen molar-refractivity contribution in [3.63, 3.8) is 0 Å². The molecule has 0 atom stereocenters. The van der Waals surface area contributed by atoms with Crippen LogP contribution in [0, 0.1) is 17.8 Å². The molecule has 1 N–H and O–H groups in total. The van der Waals surface area contributed by atoms with Crippen molar-refractivity contribution in [1.29, 1.82) is 0 Å². The molecule has 1 amide bonds. The Bertz CT molecular complexity index is 566. The third kappa shape index (κ3) is 6.78. The highest BCUT2D eigenvalue weighted by molar-refractivity contribution is 5.67. The smallest absolute Gasteiger partial charge is 0.407 e. The molecule has 1 fully saturated rings. The number of hydrogen-bond donors (Lipinski definition) is 1. The molecular weight excluding hydrogens is 286 g/mol. The number of benzene rings is 1. The molecule has 1 saturated carbocycles. The van der Waals surface area contributed by atoms with E-state index in [2.05, 4.69) is 17.2 Å². The number of nitrogens with one attached hydrogen (secondary N) is 1. The van der Waals surface area contributed by atoms with E-state index in [0.29, 0.717) is 12.5 Å². The first-order chi connectivity index (χ1) is 10.9. The van der Waals surface area contributed by atoms with Crippen LogP contribution in [0.1, 0.15) is 64.0 Å². The summed E-state index contributed by atoms with van der Waals surface area (Å²) < 4.78 is 5.22. The van der Waals surface area contributed by atoms with Gasteiger partial charge in [0.2, 0.25) is 0 Å². The van der Waals surface area contributed by atoms with Gasteiger partial charge in [-0.15, -0.1) is 0 Å². The molecule has 1 aliphatic rings. The van der Waals surface area contributed by atoms with E-state index < -0.39 is 11.7 Å². The SMILES string of the molecule is CC(C)(C)OC(=O)NCc1ccc(C#CC2CCCCC2)cc1. The molecule has 1 aromatic rings. The molecule has 124 valence electrons. The molecule has 0 aromatic heterocycles. The number of hydrogen-bond acceptors (Lipinski definition) is 2. The second kappa shape index (κ2) is 8.06. The molecule has 1 aliphatic carbocycles. The lowest BCUT2D eigenvalue weighted by Crippen LogP contribution is -2.32. The molecule has 2 rings (SSSR count). The number of carbonyl (C=O) groups excluding carboxylic acids is 1. The quantitative estimate of drug-likeness (QED) is 0.808. The Balaban J connectivity index is 1.82. The fraction of sp³-hybridized carbons (Fsp3) is 0.550. The van der Waals surface area contributed by atoms with E-state index in [0.717, 1.165) is 11.1 Å². The molecule has 3 nitrogen and oxygen atoms in total. The van der Waals surface area contributed by atoms with Crippen LogP contribution in [0.2, 0.25) is 0 Å². The number of carbonyl (C=O) groups is 1. The summed E-state index contributed by atoms with van der Waals surface area (Å²) in [5.41, 5.74) is 1.61. The highest BCUT2D eigenvalue weighted by Crippen LogP contribution is 2.22. The van der Waals surface area contributed by atoms with Crippen molar-refractivity contribution in [2.24, 2.45) is 5.92 Å². The number of ether oxygens (including phenoxy) is 1. The van der Waals surface area contributed by atoms with Crippen molar-refractivity contribution in [3.8, 4) is 11.8 Å². The van der Waals surface area contributed by atoms with Crippen LogP contribution in [0.3, 0.4) is 0 Å². The summed E-state index contributed by atoms with van der Waals surface area (Å²) >= 11 is 0. The average Bonchev–Trinajstić information content (AvgIpc) is 2.51. The van der Waals surface area contributed by atoms with Gasteiger partial charge in [0.25, 0.3) is 0 Å². The first-order valence-corrected chi connectivity index (χ1v) is 8.50. The van der Waals surface area contributed by atoms with Crippen molar-refractivity contribution >= 4 is 6.09 Å². The van der Waals surface area contributed by atoms with Crippen molar-refractivity contribution in [1.82, 2.24) is 5.32 Å². The van der Waals surface area contributed by atoms with Gasteiger partial charge in [-0.1, -0.05) is 43.2 Å². The van der Waals surface area contributed by atoms with E-state index in [1.807, 2.05) is 45.0 Å². The zero-order valence-corrected chi connectivity index (χ0v) is 14.4. The molecule has 0 saturated heterocycles. The van der Waals surface area contributed by atoms with Gasteiger partial charge in [0, 0.05) is 18.0 Å². The number of alkyl carbamates (subject to hydrolysis) is 1. The minimum Gasteiger partial charge on any atom is -0.444 e. The molecule has 3 heteroatoms. The lowest BCUT2D eigenvalue weighted by molar-refractivity contribution is 0.0523. The Morgan fingerprint density at radius 3 is 2.43 bits per heavy atom. The summed E-state index contributed by atoms with van der Waals surface area (Å²) in [5, 5.41) is 2.76. The zero-order valence-electron chi connectivity index (χ0n) is 14.4. The fourth-order valence-corrected chi connectivity index (χ4v) is 2.63. The molecule has 1 aromatic carbocycles. The van der Waals surface area contributed by atoms with Crippen LogP contribution in [0.5, 0.6) is 0 Å². The van der Waals surface area contributed by atoms with Crippen LogP contribution < -0.4 is 5.32 Å². The molecule has 0 spiro atoms. The fourth-order valence-electron chi connectivity index (χ4n) is 2.63. The zero-order chi connectivity index (χ0) is 16.7. The van der Waals surface area contributed by atoms with Crippen LogP contribution >= 0.6 is 0 Å². The Morgan fingerprint density at radius 1 is 1.17 bits per heavy atom. The predicted octanol–water partition coefficient (Wildman–Crippen LogP) is 4.64. The molecule has 0 aliphatic heterocycles. The van der Waals surface area contributed by atoms with Gasteiger partial charge in [0.15, 0.2) is 0 Å². The van der Waals surface area contributed by atoms with Gasteiger partial charge in [0.1, 0.15) is 5.60 Å². The minimum absolute atomic E-state index is 0.390. The van der Waals surface area contributed by atoms with Gasteiger partial charge in [0.05, 0.1) is 0 Å². The Morgan fingerprint density at radius 2 is 1.83 bits per heavy atom. The lowest BCUT2D eigenvalue weighted by atomic mass is 9.89. The van der Waals surface area contributed by atoms with Gasteiger partial charge >= 0.3 is 6.09 Å². The summed E-state index contributed by atoms with van der Waals surface area (Å²) in [7, 11) is 0. The van der Waals surface area contributed by atoms with E-state index in [1.54, 1.807) is 0 Å². The van der Waals surface area contributed by atoms with Crippen LogP contribution in [0.25, 0.3) is 0 Å². The summed E-state index contributed by atoms with van der Waals surface area (Å²) in [6.07, 6.45) is 6.08. The monoisotopic (exact) mass is 313 g/mol. The molecular formula is C20H27NO2. The Kier molecular flexibility index (Phi) is 6.10. The first-order valence-electron chi connectivity index (χ1n) is 8.50. The van der Waals surface area contributed by atoms with Crippen molar-refractivity contribution in [2.75, 3.05) is 0 Å². The Hall–Kier alpha value is -1.95. The third-order valence-corrected chi connectivity index (χ3v) is 3.82. The summed E-state index contributed by atoms with van der Waals surface area (Å²) in [6, 6.07) is 8.04. The molecule has 0 radical (unpaired) electrons. The van der Waals surface area contributed by atoms with Crippen molar-refractivity contribution < 1.29 is 9.53 Å². The van der Waals surface area contributed by atoms with Crippen LogP contribution in [-0.4, -0.2) is 11.7 Å². The standard InChI is InChI=1S/C20H27NO2/c1-20(2,3)23-19(22)21-15-18-13-11-17(12-14-18)10-9-16-7-5-4-6-8-16/h11-14,16H,4-8,15H2,1-3H3,(H,21,22). The second-order valence-electron chi connectivity index (χ2n) is 7.16. The van der Waals surface area contributed by atoms with E-state index in [-0.39, 0.29) is 0 Å². The Labute approximate surface area is 139 Å². The highest BCUT2D eigenvalue weighted by atomic mass is 16.6. The average molecular weight is 313 g/mol. The van der Waals surface area contributed by atoms with Crippen LogP contribution in [0.15, 0.2) is 24.3 Å². The largest absolute Gasteiger partial charge is 0.444 e. The maximum absolute atomic E-state index is 11.6. The molecule has 0 heterocycles. The van der Waals surface area contributed by atoms with Crippen molar-refractivity contribution in [3.05, 3.63) is 35.4 Å². The predicted molar refractivity (Wildman–Crippen MR) is 93.0 cm³/mol. The summed E-state index contributed by atoms with van der Waals surface area (Å²) in [5.74, 6) is 7.24. The van der Waals surface area contributed by atoms with Crippen molar-refractivity contribution in [2.45, 2.75) is 65.0 Å². The molecule has 23 heavy (non-hydrogen) atoms. The molecule has 0 unspecified atom stereocenters. The topological polar surface area (TPSA) is 38.3 Å². The summed E-state index contributed by atoms with van der Waals surface area (Å²) in [6.45, 7) is 6.02. The number of amides is 1. The van der Waals surface area contributed by atoms with E-state index >= 15 is 0 Å². The van der Waals surface area contributed by atoms with E-state index in [9.17, 15) is 4.79 Å². The van der Waals surface area contributed by atoms with E-state index in [4.69, 9.17) is 4.74 Å². The highest BCUT2D eigenvalue weighted by Gasteiger charge is 2.15. The number of rotatable bonds is 2. The van der Waals surface area contributed by atoms with Crippen LogP contribution in [0.4, 0.5) is 4.79 Å². The van der Waals surface area contributed by atoms with Gasteiger partial charge in [-0.2, -0.15) is 0 Å². The van der Waals surface area contributed by atoms with Gasteiger partial charge in [-0.3, -0.25) is 0 Å². The van der Waals surface area contributed by atoms with Crippen LogP contribution in [-0.2, 0) is 11.3 Å². The second-order valence-corrected chi connectivity index (χ2v) is 7.16. The minimum atomic E-state index is -0.470. The van der Waals surface area contributed by atoms with Gasteiger partial charge in [-0.25, -0.2) is 4.79 Å². The summed E-state index contributed by atoms with van der Waals surface area (Å²) in [4.78, 5) is 11.6. The normalized spacial score (nSPS) is 15.4. The first kappa shape index (κ1) is 17.4. The van der Waals surface area contributed by atoms with Gasteiger partial charge < -0.3 is 10.1 Å². The third-order valence-electron chi connectivity index (χ3n) is 3.82. The lowest BCUT2D eigenvalue weighted by Gasteiger charge is -2.19. The van der Waals surface area contributed by atoms with E-state index in [1.165, 1.54) is 32.1 Å². The maximum Gasteiger partial charge on any atom is 0.407 e. The van der Waals surface area contributed by atoms with Gasteiger partial charge in [-0.05, 0) is 51.3 Å². The maximum atomic E-state index is 11.6. The molecule has 0 bridgehead atoms.